The van der Waals surface area contributed by atoms with E-state index in [1.807, 2.05) is 24.3 Å². The van der Waals surface area contributed by atoms with Crippen LogP contribution in [0.1, 0.15) is 17.4 Å². The fourth-order valence-corrected chi connectivity index (χ4v) is 4.35. The molecule has 0 spiro atoms. The van der Waals surface area contributed by atoms with Crippen LogP contribution in [0.5, 0.6) is 0 Å². The van der Waals surface area contributed by atoms with Crippen molar-refractivity contribution in [2.24, 2.45) is 0 Å². The zero-order chi connectivity index (χ0) is 21.7. The normalized spacial score (nSPS) is 26.7. The molecule has 5 atom stereocenters. The summed E-state index contributed by atoms with van der Waals surface area (Å²) in [7, 11) is 0. The maximum absolute atomic E-state index is 14.9. The molecule has 1 aliphatic rings. The number of rotatable bonds is 4. The van der Waals surface area contributed by atoms with Gasteiger partial charge in [0.2, 0.25) is 0 Å². The van der Waals surface area contributed by atoms with E-state index in [0.29, 0.717) is 22.9 Å². The van der Waals surface area contributed by atoms with Gasteiger partial charge in [-0.15, -0.1) is 0 Å². The van der Waals surface area contributed by atoms with Gasteiger partial charge in [-0.2, -0.15) is 0 Å². The number of aromatic nitrogens is 1. The van der Waals surface area contributed by atoms with Gasteiger partial charge in [0, 0.05) is 17.0 Å². The molecule has 2 aromatic carbocycles. The SMILES string of the molecule is OC[C@H]1O[C@@H](n2cc(Cc3ccc4occc4c3)c3c(F)cccc32)[C@H](O)[C@@H](O)[C@@H]1O. The molecule has 3 heterocycles. The second-order valence-electron chi connectivity index (χ2n) is 7.88. The van der Waals surface area contributed by atoms with Gasteiger partial charge in [-0.1, -0.05) is 12.1 Å². The molecule has 1 fully saturated rings. The van der Waals surface area contributed by atoms with Gasteiger partial charge in [-0.3, -0.25) is 0 Å². The van der Waals surface area contributed by atoms with Crippen LogP contribution in [0.2, 0.25) is 0 Å². The summed E-state index contributed by atoms with van der Waals surface area (Å²) in [4.78, 5) is 0. The Kier molecular flexibility index (Phi) is 5.04. The Labute approximate surface area is 176 Å². The maximum Gasteiger partial charge on any atom is 0.163 e. The number of furan rings is 1. The minimum atomic E-state index is -1.52. The molecule has 4 aromatic rings. The van der Waals surface area contributed by atoms with E-state index < -0.39 is 43.1 Å². The van der Waals surface area contributed by atoms with Gasteiger partial charge in [0.1, 0.15) is 35.8 Å². The number of aliphatic hydroxyl groups excluding tert-OH is 4. The first kappa shape index (κ1) is 20.2. The highest BCUT2D eigenvalue weighted by Gasteiger charge is 2.44. The monoisotopic (exact) mass is 427 g/mol. The number of aliphatic hydroxyl groups is 4. The quantitative estimate of drug-likeness (QED) is 0.397. The van der Waals surface area contributed by atoms with Gasteiger partial charge in [0.25, 0.3) is 0 Å². The summed E-state index contributed by atoms with van der Waals surface area (Å²) in [6.07, 6.45) is -2.90. The lowest BCUT2D eigenvalue weighted by molar-refractivity contribution is -0.250. The molecule has 7 nitrogen and oxygen atoms in total. The third-order valence-electron chi connectivity index (χ3n) is 5.94. The molecule has 0 amide bonds. The lowest BCUT2D eigenvalue weighted by Gasteiger charge is -2.40. The summed E-state index contributed by atoms with van der Waals surface area (Å²) >= 11 is 0. The van der Waals surface area contributed by atoms with Gasteiger partial charge in [-0.25, -0.2) is 4.39 Å². The number of hydrogen-bond donors (Lipinski definition) is 4. The molecule has 4 N–H and O–H groups in total. The number of benzene rings is 2. The molecular formula is C23H22FNO6. The molecule has 0 bridgehead atoms. The van der Waals surface area contributed by atoms with Gasteiger partial charge < -0.3 is 34.1 Å². The first-order valence-electron chi connectivity index (χ1n) is 10.0. The largest absolute Gasteiger partial charge is 0.464 e. The minimum Gasteiger partial charge on any atom is -0.464 e. The molecule has 5 rings (SSSR count). The van der Waals surface area contributed by atoms with Crippen LogP contribution >= 0.6 is 0 Å². The number of hydrogen-bond acceptors (Lipinski definition) is 6. The summed E-state index contributed by atoms with van der Waals surface area (Å²) < 4.78 is 27.5. The lowest BCUT2D eigenvalue weighted by atomic mass is 9.98. The van der Waals surface area contributed by atoms with Crippen LogP contribution in [-0.2, 0) is 11.2 Å². The van der Waals surface area contributed by atoms with Crippen molar-refractivity contribution in [1.82, 2.24) is 4.57 Å². The highest BCUT2D eigenvalue weighted by Crippen LogP contribution is 2.35. The first-order valence-corrected chi connectivity index (χ1v) is 10.0. The van der Waals surface area contributed by atoms with Gasteiger partial charge in [-0.05, 0) is 47.9 Å². The lowest BCUT2D eigenvalue weighted by Crippen LogP contribution is -2.56. The molecule has 0 unspecified atom stereocenters. The highest BCUT2D eigenvalue weighted by molar-refractivity contribution is 5.85. The van der Waals surface area contributed by atoms with Crippen molar-refractivity contribution in [1.29, 1.82) is 0 Å². The zero-order valence-electron chi connectivity index (χ0n) is 16.4. The summed E-state index contributed by atoms with van der Waals surface area (Å²) in [6, 6.07) is 12.2. The van der Waals surface area contributed by atoms with Crippen molar-refractivity contribution in [3.63, 3.8) is 0 Å². The van der Waals surface area contributed by atoms with Gasteiger partial charge >= 0.3 is 0 Å². The summed E-state index contributed by atoms with van der Waals surface area (Å²) in [5.41, 5.74) is 2.86. The fourth-order valence-electron chi connectivity index (χ4n) is 4.35. The smallest absolute Gasteiger partial charge is 0.163 e. The van der Waals surface area contributed by atoms with E-state index in [-0.39, 0.29) is 0 Å². The Hall–Kier alpha value is -2.75. The Balaban J connectivity index is 1.59. The maximum atomic E-state index is 14.9. The van der Waals surface area contributed by atoms with Crippen LogP contribution in [0, 0.1) is 5.82 Å². The molecule has 0 saturated carbocycles. The molecular weight excluding hydrogens is 405 g/mol. The van der Waals surface area contributed by atoms with E-state index in [0.717, 1.165) is 16.5 Å². The second-order valence-corrected chi connectivity index (χ2v) is 7.88. The minimum absolute atomic E-state index is 0.381. The molecule has 8 heteroatoms. The predicted octanol–water partition coefficient (Wildman–Crippen LogP) is 2.09. The van der Waals surface area contributed by atoms with Crippen LogP contribution in [0.15, 0.2) is 59.3 Å². The third kappa shape index (κ3) is 3.33. The second kappa shape index (κ2) is 7.74. The van der Waals surface area contributed by atoms with E-state index in [9.17, 15) is 24.8 Å². The van der Waals surface area contributed by atoms with Crippen molar-refractivity contribution >= 4 is 21.9 Å². The Morgan fingerprint density at radius 2 is 1.84 bits per heavy atom. The van der Waals surface area contributed by atoms with Gasteiger partial charge in [0.05, 0.1) is 18.4 Å². The van der Waals surface area contributed by atoms with Crippen molar-refractivity contribution < 1.29 is 34.0 Å². The van der Waals surface area contributed by atoms with E-state index >= 15 is 0 Å². The Bertz CT molecular complexity index is 1230. The predicted molar refractivity (Wildman–Crippen MR) is 110 cm³/mol. The molecule has 0 aliphatic carbocycles. The topological polar surface area (TPSA) is 108 Å². The van der Waals surface area contributed by atoms with Crippen molar-refractivity contribution in [2.75, 3.05) is 6.61 Å². The molecule has 1 saturated heterocycles. The van der Waals surface area contributed by atoms with Crippen molar-refractivity contribution in [2.45, 2.75) is 37.1 Å². The average Bonchev–Trinajstić information content (AvgIpc) is 3.38. The van der Waals surface area contributed by atoms with Crippen LogP contribution in [0.25, 0.3) is 21.9 Å². The van der Waals surface area contributed by atoms with Crippen LogP contribution in [0.4, 0.5) is 4.39 Å². The Morgan fingerprint density at radius 1 is 1.00 bits per heavy atom. The van der Waals surface area contributed by atoms with E-state index in [2.05, 4.69) is 0 Å². The van der Waals surface area contributed by atoms with E-state index in [4.69, 9.17) is 9.15 Å². The summed E-state index contributed by atoms with van der Waals surface area (Å²) in [5, 5.41) is 41.6. The third-order valence-corrected chi connectivity index (χ3v) is 5.94. The molecule has 162 valence electrons. The van der Waals surface area contributed by atoms with Crippen LogP contribution in [0.3, 0.4) is 0 Å². The first-order chi connectivity index (χ1) is 15.0. The van der Waals surface area contributed by atoms with Crippen LogP contribution in [-0.4, -0.2) is 56.0 Å². The van der Waals surface area contributed by atoms with Gasteiger partial charge in [0.15, 0.2) is 6.23 Å². The number of nitrogens with zero attached hydrogens (tertiary/aromatic N) is 1. The number of fused-ring (bicyclic) bond motifs is 2. The summed E-state index contributed by atoms with van der Waals surface area (Å²) in [5.74, 6) is -0.416. The van der Waals surface area contributed by atoms with Crippen molar-refractivity contribution in [3.05, 3.63) is 71.9 Å². The fraction of sp³-hybridized carbons (Fsp3) is 0.304. The van der Waals surface area contributed by atoms with Crippen LogP contribution < -0.4 is 0 Å². The molecule has 1 aliphatic heterocycles. The number of ether oxygens (including phenoxy) is 1. The standard InChI is InChI=1S/C23H22FNO6/c24-15-2-1-3-16-19(15)14(9-12-4-5-17-13(8-12)6-7-30-17)10-25(16)23-22(29)21(28)20(27)18(11-26)31-23/h1-8,10,18,20-23,26-29H,9,11H2/t18-,20-,21+,22-,23-/m1/s1. The highest BCUT2D eigenvalue weighted by atomic mass is 19.1. The summed E-state index contributed by atoms with van der Waals surface area (Å²) in [6.45, 7) is -0.535. The molecule has 0 radical (unpaired) electrons. The molecule has 31 heavy (non-hydrogen) atoms. The Morgan fingerprint density at radius 3 is 2.65 bits per heavy atom. The van der Waals surface area contributed by atoms with Crippen molar-refractivity contribution in [3.8, 4) is 0 Å². The molecule has 2 aromatic heterocycles. The van der Waals surface area contributed by atoms with E-state index in [1.54, 1.807) is 29.2 Å². The average molecular weight is 427 g/mol. The number of halogens is 1. The van der Waals surface area contributed by atoms with E-state index in [1.165, 1.54) is 6.07 Å². The zero-order valence-corrected chi connectivity index (χ0v) is 16.4.